The monoisotopic (exact) mass is 253 g/mol. The largest absolute Gasteiger partial charge is 0.327 e. The molecule has 1 nitrogen and oxygen atoms in total. The van der Waals surface area contributed by atoms with Crippen LogP contribution < -0.4 is 5.73 Å². The lowest BCUT2D eigenvalue weighted by molar-refractivity contribution is 0.548. The van der Waals surface area contributed by atoms with Gasteiger partial charge in [0.2, 0.25) is 0 Å². The van der Waals surface area contributed by atoms with Crippen LogP contribution >= 0.6 is 23.5 Å². The van der Waals surface area contributed by atoms with Crippen LogP contribution in [0.5, 0.6) is 0 Å². The van der Waals surface area contributed by atoms with Gasteiger partial charge in [-0.05, 0) is 50.0 Å². The smallest absolute Gasteiger partial charge is 0.0119 e. The van der Waals surface area contributed by atoms with Gasteiger partial charge in [0.1, 0.15) is 0 Å². The lowest BCUT2D eigenvalue weighted by Crippen LogP contribution is -2.31. The van der Waals surface area contributed by atoms with E-state index in [0.29, 0.717) is 0 Å². The first-order valence-electron chi connectivity index (χ1n) is 5.62. The van der Waals surface area contributed by atoms with Gasteiger partial charge in [-0.15, -0.1) is 23.5 Å². The fraction of sp³-hybridized carbons (Fsp3) is 0.538. The fourth-order valence-corrected chi connectivity index (χ4v) is 3.56. The van der Waals surface area contributed by atoms with Crippen molar-refractivity contribution in [2.45, 2.75) is 41.0 Å². The highest BCUT2D eigenvalue weighted by Gasteiger charge is 2.48. The summed E-state index contributed by atoms with van der Waals surface area (Å²) in [6, 6.07) is 7.07. The molecule has 0 aliphatic heterocycles. The summed E-state index contributed by atoms with van der Waals surface area (Å²) in [7, 11) is 0. The van der Waals surface area contributed by atoms with Crippen LogP contribution in [0.2, 0.25) is 0 Å². The average molecular weight is 253 g/mol. The molecule has 2 N–H and O–H groups in total. The Bertz CT molecular complexity index is 384. The van der Waals surface area contributed by atoms with Crippen LogP contribution in [0.3, 0.4) is 0 Å². The van der Waals surface area contributed by atoms with E-state index >= 15 is 0 Å². The number of hydrogen-bond acceptors (Lipinski definition) is 3. The van der Waals surface area contributed by atoms with Gasteiger partial charge in [-0.25, -0.2) is 0 Å². The zero-order chi connectivity index (χ0) is 11.8. The van der Waals surface area contributed by atoms with Crippen molar-refractivity contribution >= 4 is 23.5 Å². The molecule has 1 saturated carbocycles. The summed E-state index contributed by atoms with van der Waals surface area (Å²) in [4.78, 5) is 2.75. The topological polar surface area (TPSA) is 26.0 Å². The van der Waals surface area contributed by atoms with Gasteiger partial charge < -0.3 is 5.73 Å². The van der Waals surface area contributed by atoms with E-state index in [-0.39, 0.29) is 11.5 Å². The van der Waals surface area contributed by atoms with Crippen LogP contribution in [-0.4, -0.2) is 18.6 Å². The summed E-state index contributed by atoms with van der Waals surface area (Å²) in [5.74, 6) is 0. The van der Waals surface area contributed by atoms with Crippen molar-refractivity contribution in [3.8, 4) is 0 Å². The van der Waals surface area contributed by atoms with Gasteiger partial charge in [0.15, 0.2) is 0 Å². The van der Waals surface area contributed by atoms with Crippen LogP contribution in [0.15, 0.2) is 28.0 Å². The molecule has 0 radical (unpaired) electrons. The van der Waals surface area contributed by atoms with Crippen LogP contribution in [-0.2, 0) is 5.41 Å². The average Bonchev–Trinajstić information content (AvgIpc) is 3.09. The zero-order valence-electron chi connectivity index (χ0n) is 10.1. The molecule has 16 heavy (non-hydrogen) atoms. The molecule has 0 amide bonds. The summed E-state index contributed by atoms with van der Waals surface area (Å²) in [6.45, 7) is 2.14. The number of nitrogens with two attached hydrogens (primary N) is 1. The van der Waals surface area contributed by atoms with Gasteiger partial charge in [-0.3, -0.25) is 0 Å². The molecule has 1 aliphatic rings. The quantitative estimate of drug-likeness (QED) is 0.832. The maximum atomic E-state index is 6.14. The normalized spacial score (nSPS) is 19.5. The first kappa shape index (κ1) is 12.3. The van der Waals surface area contributed by atoms with Gasteiger partial charge >= 0.3 is 0 Å². The highest BCUT2D eigenvalue weighted by Crippen LogP contribution is 2.53. The molecule has 0 spiro atoms. The van der Waals surface area contributed by atoms with Gasteiger partial charge in [0, 0.05) is 21.2 Å². The summed E-state index contributed by atoms with van der Waals surface area (Å²) in [6.07, 6.45) is 6.77. The molecule has 3 heteroatoms. The van der Waals surface area contributed by atoms with Crippen LogP contribution in [0, 0.1) is 0 Å². The van der Waals surface area contributed by atoms with Crippen LogP contribution in [0.1, 0.15) is 25.3 Å². The van der Waals surface area contributed by atoms with Crippen molar-refractivity contribution in [2.24, 2.45) is 5.73 Å². The Balaban J connectivity index is 2.41. The minimum atomic E-state index is 0.263. The summed E-state index contributed by atoms with van der Waals surface area (Å²) < 4.78 is 0. The van der Waals surface area contributed by atoms with Crippen molar-refractivity contribution in [1.29, 1.82) is 0 Å². The summed E-state index contributed by atoms with van der Waals surface area (Å²) >= 11 is 3.64. The SMILES string of the molecule is CSc1ccc(C2(C(C)N)CC2)c(SC)c1. The molecule has 1 unspecified atom stereocenters. The van der Waals surface area contributed by atoms with E-state index in [9.17, 15) is 0 Å². The molecule has 1 aromatic rings. The summed E-state index contributed by atoms with van der Waals surface area (Å²) in [5, 5.41) is 0. The van der Waals surface area contributed by atoms with E-state index in [4.69, 9.17) is 5.73 Å². The molecule has 1 fully saturated rings. The molecule has 0 aromatic heterocycles. The zero-order valence-corrected chi connectivity index (χ0v) is 11.8. The molecule has 0 bridgehead atoms. The minimum absolute atomic E-state index is 0.263. The minimum Gasteiger partial charge on any atom is -0.327 e. The predicted octanol–water partition coefficient (Wildman–Crippen LogP) is 3.51. The molecular weight excluding hydrogens is 234 g/mol. The highest BCUT2D eigenvalue weighted by molar-refractivity contribution is 7.99. The maximum absolute atomic E-state index is 6.14. The second kappa shape index (κ2) is 4.63. The molecule has 1 atom stereocenters. The molecule has 88 valence electrons. The van der Waals surface area contributed by atoms with Crippen molar-refractivity contribution in [1.82, 2.24) is 0 Å². The third kappa shape index (κ3) is 2.01. The Labute approximate surface area is 107 Å². The molecule has 0 heterocycles. The Morgan fingerprint density at radius 2 is 1.94 bits per heavy atom. The van der Waals surface area contributed by atoms with Crippen LogP contribution in [0.4, 0.5) is 0 Å². The third-order valence-corrected chi connectivity index (χ3v) is 5.11. The van der Waals surface area contributed by atoms with Gasteiger partial charge in [-0.1, -0.05) is 6.07 Å². The molecule has 1 aromatic carbocycles. The van der Waals surface area contributed by atoms with Crippen molar-refractivity contribution in [2.75, 3.05) is 12.5 Å². The number of thioether (sulfide) groups is 2. The van der Waals surface area contributed by atoms with Gasteiger partial charge in [-0.2, -0.15) is 0 Å². The van der Waals surface area contributed by atoms with Gasteiger partial charge in [0.05, 0.1) is 0 Å². The Morgan fingerprint density at radius 1 is 1.25 bits per heavy atom. The highest BCUT2D eigenvalue weighted by atomic mass is 32.2. The Morgan fingerprint density at radius 3 is 2.38 bits per heavy atom. The van der Waals surface area contributed by atoms with Crippen molar-refractivity contribution < 1.29 is 0 Å². The fourth-order valence-electron chi connectivity index (χ4n) is 2.31. The van der Waals surface area contributed by atoms with E-state index in [1.54, 1.807) is 11.8 Å². The molecule has 0 saturated heterocycles. The first-order valence-corrected chi connectivity index (χ1v) is 8.07. The lowest BCUT2D eigenvalue weighted by atomic mass is 9.89. The van der Waals surface area contributed by atoms with E-state index in [0.717, 1.165) is 0 Å². The van der Waals surface area contributed by atoms with Crippen molar-refractivity contribution in [3.05, 3.63) is 23.8 Å². The molecule has 1 aliphatic carbocycles. The Kier molecular flexibility index (Phi) is 3.57. The van der Waals surface area contributed by atoms with E-state index < -0.39 is 0 Å². The summed E-state index contributed by atoms with van der Waals surface area (Å²) in [5.41, 5.74) is 7.88. The third-order valence-electron chi connectivity index (χ3n) is 3.61. The van der Waals surface area contributed by atoms with Crippen LogP contribution in [0.25, 0.3) is 0 Å². The second-order valence-corrected chi connectivity index (χ2v) is 6.24. The van der Waals surface area contributed by atoms with Gasteiger partial charge in [0.25, 0.3) is 0 Å². The number of benzene rings is 1. The number of rotatable bonds is 4. The predicted molar refractivity (Wildman–Crippen MR) is 74.6 cm³/mol. The van der Waals surface area contributed by atoms with E-state index in [1.165, 1.54) is 28.2 Å². The molecule has 2 rings (SSSR count). The van der Waals surface area contributed by atoms with E-state index in [2.05, 4.69) is 37.6 Å². The first-order chi connectivity index (χ1) is 7.64. The standard InChI is InChI=1S/C13H19NS2/c1-9(14)13(6-7-13)11-5-4-10(15-2)8-12(11)16-3/h4-5,8-9H,6-7,14H2,1-3H3. The number of hydrogen-bond donors (Lipinski definition) is 1. The lowest BCUT2D eigenvalue weighted by Gasteiger charge is -2.23. The van der Waals surface area contributed by atoms with E-state index in [1.807, 2.05) is 11.8 Å². The second-order valence-electron chi connectivity index (χ2n) is 4.51. The van der Waals surface area contributed by atoms with Crippen molar-refractivity contribution in [3.63, 3.8) is 0 Å². The molecular formula is C13H19NS2. The maximum Gasteiger partial charge on any atom is 0.0119 e. The Hall–Kier alpha value is -0.120.